The second-order valence-electron chi connectivity index (χ2n) is 4.83. The van der Waals surface area contributed by atoms with E-state index in [0.29, 0.717) is 0 Å². The molecule has 4 nitrogen and oxygen atoms in total. The van der Waals surface area contributed by atoms with Crippen LogP contribution in [0.4, 0.5) is 5.95 Å². The first-order valence-electron chi connectivity index (χ1n) is 6.29. The van der Waals surface area contributed by atoms with Crippen molar-refractivity contribution >= 4 is 28.5 Å². The molecule has 0 aromatic carbocycles. The average molecular weight is 344 g/mol. The van der Waals surface area contributed by atoms with E-state index in [1.54, 1.807) is 0 Å². The van der Waals surface area contributed by atoms with Crippen LogP contribution in [0.15, 0.2) is 12.4 Å². The molecule has 0 amide bonds. The van der Waals surface area contributed by atoms with Crippen molar-refractivity contribution in [2.24, 2.45) is 0 Å². The molecular weight excluding hydrogens is 327 g/mol. The minimum Gasteiger partial charge on any atom is -0.339 e. The summed E-state index contributed by atoms with van der Waals surface area (Å²) < 4.78 is 1.10. The van der Waals surface area contributed by atoms with Crippen molar-refractivity contribution < 1.29 is 0 Å². The van der Waals surface area contributed by atoms with Crippen molar-refractivity contribution in [1.29, 1.82) is 0 Å². The minimum absolute atomic E-state index is 0.723. The number of aromatic nitrogens is 2. The summed E-state index contributed by atoms with van der Waals surface area (Å²) in [6.07, 6.45) is 7.79. The highest BCUT2D eigenvalue weighted by Gasteiger charge is 2.30. The van der Waals surface area contributed by atoms with Crippen LogP contribution in [0.2, 0.25) is 0 Å². The van der Waals surface area contributed by atoms with Gasteiger partial charge in [-0.15, -0.1) is 0 Å². The van der Waals surface area contributed by atoms with Crippen molar-refractivity contribution in [2.45, 2.75) is 25.3 Å². The van der Waals surface area contributed by atoms with Gasteiger partial charge in [0.2, 0.25) is 5.95 Å². The summed E-state index contributed by atoms with van der Waals surface area (Å²) in [6, 6.07) is 0.723. The summed E-state index contributed by atoms with van der Waals surface area (Å²) in [5.41, 5.74) is 0. The molecule has 1 aromatic heterocycles. The predicted molar refractivity (Wildman–Crippen MR) is 76.2 cm³/mol. The molecule has 2 fully saturated rings. The fourth-order valence-electron chi connectivity index (χ4n) is 2.80. The van der Waals surface area contributed by atoms with Crippen LogP contribution in [0.3, 0.4) is 0 Å². The maximum Gasteiger partial charge on any atom is 0.225 e. The maximum atomic E-state index is 4.41. The third-order valence-corrected chi connectivity index (χ3v) is 4.27. The fourth-order valence-corrected chi connectivity index (χ4v) is 3.08. The average Bonchev–Trinajstić information content (AvgIpc) is 3.00. The van der Waals surface area contributed by atoms with Gasteiger partial charge in [0.05, 0.1) is 0 Å². The first-order chi connectivity index (χ1) is 8.33. The van der Waals surface area contributed by atoms with Crippen LogP contribution in [-0.4, -0.2) is 47.1 Å². The molecule has 2 aliphatic heterocycles. The van der Waals surface area contributed by atoms with E-state index in [1.165, 1.54) is 32.4 Å². The van der Waals surface area contributed by atoms with Gasteiger partial charge in [-0.25, -0.2) is 9.97 Å². The van der Waals surface area contributed by atoms with Crippen LogP contribution < -0.4 is 4.90 Å². The van der Waals surface area contributed by atoms with E-state index in [2.05, 4.69) is 42.4 Å². The van der Waals surface area contributed by atoms with Crippen LogP contribution in [-0.2, 0) is 0 Å². The Balaban J connectivity index is 1.65. The lowest BCUT2D eigenvalue weighted by atomic mass is 10.2. The Labute approximate surface area is 116 Å². The highest BCUT2D eigenvalue weighted by atomic mass is 127. The molecule has 0 N–H and O–H groups in total. The number of likely N-dealkylation sites (tertiary alicyclic amines) is 1. The Morgan fingerprint density at radius 3 is 2.53 bits per heavy atom. The Morgan fingerprint density at radius 1 is 1.12 bits per heavy atom. The molecule has 5 heteroatoms. The summed E-state index contributed by atoms with van der Waals surface area (Å²) in [7, 11) is 0. The van der Waals surface area contributed by atoms with E-state index in [0.717, 1.165) is 28.6 Å². The number of hydrogen-bond acceptors (Lipinski definition) is 4. The monoisotopic (exact) mass is 344 g/mol. The molecule has 0 spiro atoms. The molecule has 3 rings (SSSR count). The van der Waals surface area contributed by atoms with Crippen molar-refractivity contribution in [1.82, 2.24) is 14.9 Å². The molecule has 0 bridgehead atoms. The van der Waals surface area contributed by atoms with Crippen LogP contribution in [0.5, 0.6) is 0 Å². The summed E-state index contributed by atoms with van der Waals surface area (Å²) >= 11 is 2.24. The van der Waals surface area contributed by atoms with Crippen LogP contribution in [0.25, 0.3) is 0 Å². The maximum absolute atomic E-state index is 4.41. The Kier molecular flexibility index (Phi) is 3.46. The summed E-state index contributed by atoms with van der Waals surface area (Å²) in [4.78, 5) is 13.8. The number of halogens is 1. The summed E-state index contributed by atoms with van der Waals surface area (Å²) in [5.74, 6) is 0.895. The first-order valence-corrected chi connectivity index (χ1v) is 7.37. The van der Waals surface area contributed by atoms with Gasteiger partial charge in [-0.05, 0) is 54.9 Å². The Morgan fingerprint density at radius 2 is 1.82 bits per heavy atom. The molecule has 1 unspecified atom stereocenters. The number of nitrogens with zero attached hydrogens (tertiary/aromatic N) is 4. The topological polar surface area (TPSA) is 32.3 Å². The number of rotatable bonds is 2. The van der Waals surface area contributed by atoms with E-state index in [1.807, 2.05) is 12.4 Å². The van der Waals surface area contributed by atoms with Gasteiger partial charge in [0.1, 0.15) is 0 Å². The number of hydrogen-bond donors (Lipinski definition) is 0. The predicted octanol–water partition coefficient (Wildman–Crippen LogP) is 1.76. The van der Waals surface area contributed by atoms with Gasteiger partial charge in [0, 0.05) is 35.1 Å². The molecule has 2 aliphatic rings. The Hall–Kier alpha value is -0.430. The van der Waals surface area contributed by atoms with Gasteiger partial charge in [-0.1, -0.05) is 0 Å². The smallest absolute Gasteiger partial charge is 0.225 e. The molecule has 0 saturated carbocycles. The third-order valence-electron chi connectivity index (χ3n) is 3.71. The SMILES string of the molecule is Ic1cnc(N2CCC(N3CCCC3)C2)nc1. The highest BCUT2D eigenvalue weighted by Crippen LogP contribution is 2.22. The zero-order valence-electron chi connectivity index (χ0n) is 9.85. The van der Waals surface area contributed by atoms with E-state index in [9.17, 15) is 0 Å². The molecule has 92 valence electrons. The molecule has 0 aliphatic carbocycles. The minimum atomic E-state index is 0.723. The van der Waals surface area contributed by atoms with E-state index < -0.39 is 0 Å². The molecular formula is C12H17IN4. The fraction of sp³-hybridized carbons (Fsp3) is 0.667. The molecule has 3 heterocycles. The third kappa shape index (κ3) is 2.54. The second kappa shape index (κ2) is 5.06. The standard InChI is InChI=1S/C12H17IN4/c13-10-7-14-12(15-8-10)17-6-3-11(9-17)16-4-1-2-5-16/h7-8,11H,1-6,9H2. The van der Waals surface area contributed by atoms with Crippen molar-refractivity contribution in [3.63, 3.8) is 0 Å². The van der Waals surface area contributed by atoms with Crippen molar-refractivity contribution in [2.75, 3.05) is 31.1 Å². The molecule has 1 aromatic rings. The van der Waals surface area contributed by atoms with Crippen molar-refractivity contribution in [3.05, 3.63) is 16.0 Å². The largest absolute Gasteiger partial charge is 0.339 e. The van der Waals surface area contributed by atoms with E-state index in [4.69, 9.17) is 0 Å². The van der Waals surface area contributed by atoms with Crippen molar-refractivity contribution in [3.8, 4) is 0 Å². The highest BCUT2D eigenvalue weighted by molar-refractivity contribution is 14.1. The van der Waals surface area contributed by atoms with E-state index >= 15 is 0 Å². The quantitative estimate of drug-likeness (QED) is 0.766. The molecule has 17 heavy (non-hydrogen) atoms. The normalized spacial score (nSPS) is 25.7. The zero-order chi connectivity index (χ0) is 11.7. The van der Waals surface area contributed by atoms with Gasteiger partial charge in [0.15, 0.2) is 0 Å². The Bertz CT molecular complexity index is 375. The van der Waals surface area contributed by atoms with Crippen LogP contribution >= 0.6 is 22.6 Å². The zero-order valence-corrected chi connectivity index (χ0v) is 12.0. The van der Waals surface area contributed by atoms with Gasteiger partial charge in [-0.3, -0.25) is 4.90 Å². The van der Waals surface area contributed by atoms with Gasteiger partial charge >= 0.3 is 0 Å². The van der Waals surface area contributed by atoms with Gasteiger partial charge in [0.25, 0.3) is 0 Å². The second-order valence-corrected chi connectivity index (χ2v) is 6.08. The molecule has 1 atom stereocenters. The van der Waals surface area contributed by atoms with E-state index in [-0.39, 0.29) is 0 Å². The molecule has 2 saturated heterocycles. The van der Waals surface area contributed by atoms with Gasteiger partial charge < -0.3 is 4.90 Å². The summed E-state index contributed by atoms with van der Waals surface area (Å²) in [6.45, 7) is 4.76. The van der Waals surface area contributed by atoms with Crippen LogP contribution in [0.1, 0.15) is 19.3 Å². The lowest BCUT2D eigenvalue weighted by Gasteiger charge is -2.23. The van der Waals surface area contributed by atoms with Gasteiger partial charge in [-0.2, -0.15) is 0 Å². The lowest BCUT2D eigenvalue weighted by molar-refractivity contribution is 0.260. The van der Waals surface area contributed by atoms with Crippen LogP contribution in [0, 0.1) is 3.57 Å². The first kappa shape index (κ1) is 11.6. The number of anilines is 1. The lowest BCUT2D eigenvalue weighted by Crippen LogP contribution is -2.35. The summed E-state index contributed by atoms with van der Waals surface area (Å²) in [5, 5.41) is 0. The molecule has 0 radical (unpaired) electrons.